The van der Waals surface area contributed by atoms with E-state index < -0.39 is 24.3 Å². The van der Waals surface area contributed by atoms with E-state index in [0.29, 0.717) is 0 Å². The van der Waals surface area contributed by atoms with Gasteiger partial charge in [0.25, 0.3) is 5.91 Å². The van der Waals surface area contributed by atoms with Crippen LogP contribution in [0.5, 0.6) is 0 Å². The molecular weight excluding hydrogens is 315 g/mol. The summed E-state index contributed by atoms with van der Waals surface area (Å²) in [5, 5.41) is 2.26. The number of anilines is 2. The number of carbonyl (C=O) groups is 2. The van der Waals surface area contributed by atoms with Crippen LogP contribution in [0.15, 0.2) is 30.6 Å². The minimum absolute atomic E-state index is 0.0989. The van der Waals surface area contributed by atoms with Gasteiger partial charge in [-0.25, -0.2) is 19.2 Å². The smallest absolute Gasteiger partial charge is 0.361 e. The zero-order chi connectivity index (χ0) is 16.1. The Morgan fingerprint density at radius 3 is 2.73 bits per heavy atom. The Bertz CT molecular complexity index is 726. The molecule has 0 fully saturated rings. The van der Waals surface area contributed by atoms with Crippen LogP contribution in [0.2, 0.25) is 5.02 Å². The standard InChI is InChI=1S/C13H10ClFN4O3/c14-8-5-7(1-2-9(8)15)19-10(20)6-22-13(21)11-12(16)18-4-3-17-11/h1-5H,6H2,(H2,16,18)(H,19,20). The number of amides is 1. The summed E-state index contributed by atoms with van der Waals surface area (Å²) in [5.74, 6) is -2.21. The summed E-state index contributed by atoms with van der Waals surface area (Å²) in [4.78, 5) is 30.7. The quantitative estimate of drug-likeness (QED) is 0.828. The topological polar surface area (TPSA) is 107 Å². The molecule has 9 heteroatoms. The molecule has 0 unspecified atom stereocenters. The Kier molecular flexibility index (Phi) is 4.84. The van der Waals surface area contributed by atoms with Gasteiger partial charge in [-0.1, -0.05) is 11.6 Å². The van der Waals surface area contributed by atoms with Crippen molar-refractivity contribution in [3.8, 4) is 0 Å². The van der Waals surface area contributed by atoms with E-state index in [2.05, 4.69) is 15.3 Å². The molecule has 114 valence electrons. The van der Waals surface area contributed by atoms with Crippen molar-refractivity contribution in [1.29, 1.82) is 0 Å². The number of carbonyl (C=O) groups excluding carboxylic acids is 2. The molecule has 3 N–H and O–H groups in total. The number of hydrogen-bond donors (Lipinski definition) is 2. The molecule has 0 atom stereocenters. The number of nitrogens with one attached hydrogen (secondary N) is 1. The zero-order valence-corrected chi connectivity index (χ0v) is 11.8. The highest BCUT2D eigenvalue weighted by Gasteiger charge is 2.15. The van der Waals surface area contributed by atoms with Gasteiger partial charge in [-0.05, 0) is 18.2 Å². The molecule has 1 heterocycles. The lowest BCUT2D eigenvalue weighted by Crippen LogP contribution is -2.22. The number of nitrogens with zero attached hydrogens (tertiary/aromatic N) is 2. The lowest BCUT2D eigenvalue weighted by atomic mass is 10.3. The van der Waals surface area contributed by atoms with Gasteiger partial charge >= 0.3 is 5.97 Å². The van der Waals surface area contributed by atoms with Crippen LogP contribution in [0.4, 0.5) is 15.9 Å². The first-order valence-electron chi connectivity index (χ1n) is 5.96. The summed E-state index contributed by atoms with van der Waals surface area (Å²) in [5.41, 5.74) is 5.55. The molecule has 0 bridgehead atoms. The average Bonchev–Trinajstić information content (AvgIpc) is 2.49. The minimum atomic E-state index is -0.877. The van der Waals surface area contributed by atoms with Crippen LogP contribution < -0.4 is 11.1 Å². The van der Waals surface area contributed by atoms with Crippen molar-refractivity contribution in [2.45, 2.75) is 0 Å². The minimum Gasteiger partial charge on any atom is -0.451 e. The van der Waals surface area contributed by atoms with E-state index >= 15 is 0 Å². The van der Waals surface area contributed by atoms with Crippen molar-refractivity contribution in [2.75, 3.05) is 17.7 Å². The Hall–Kier alpha value is -2.74. The third-order valence-corrected chi connectivity index (χ3v) is 2.75. The van der Waals surface area contributed by atoms with Gasteiger partial charge in [-0.2, -0.15) is 0 Å². The number of rotatable bonds is 4. The summed E-state index contributed by atoms with van der Waals surface area (Å²) < 4.78 is 17.7. The molecule has 0 aliphatic rings. The van der Waals surface area contributed by atoms with Crippen LogP contribution in [0, 0.1) is 5.82 Å². The summed E-state index contributed by atoms with van der Waals surface area (Å²) in [7, 11) is 0. The van der Waals surface area contributed by atoms with Crippen LogP contribution in [-0.2, 0) is 9.53 Å². The van der Waals surface area contributed by atoms with Crippen molar-refractivity contribution in [3.63, 3.8) is 0 Å². The molecule has 0 spiro atoms. The van der Waals surface area contributed by atoms with Gasteiger partial charge in [-0.15, -0.1) is 0 Å². The lowest BCUT2D eigenvalue weighted by molar-refractivity contribution is -0.119. The monoisotopic (exact) mass is 324 g/mol. The first-order chi connectivity index (χ1) is 10.5. The third-order valence-electron chi connectivity index (χ3n) is 2.46. The molecule has 0 aliphatic heterocycles. The van der Waals surface area contributed by atoms with E-state index in [1.54, 1.807) is 0 Å². The summed E-state index contributed by atoms with van der Waals surface area (Å²) in [6, 6.07) is 3.66. The highest BCUT2D eigenvalue weighted by atomic mass is 35.5. The van der Waals surface area contributed by atoms with Crippen LogP contribution in [0.25, 0.3) is 0 Å². The first kappa shape index (κ1) is 15.6. The fourth-order valence-corrected chi connectivity index (χ4v) is 1.66. The van der Waals surface area contributed by atoms with Crippen molar-refractivity contribution in [2.24, 2.45) is 0 Å². The number of benzene rings is 1. The van der Waals surface area contributed by atoms with E-state index in [1.165, 1.54) is 24.5 Å². The van der Waals surface area contributed by atoms with Crippen molar-refractivity contribution < 1.29 is 18.7 Å². The average molecular weight is 325 g/mol. The van der Waals surface area contributed by atoms with Gasteiger partial charge in [0.15, 0.2) is 18.1 Å². The number of nitrogen functional groups attached to an aromatic ring is 1. The van der Waals surface area contributed by atoms with Crippen molar-refractivity contribution in [1.82, 2.24) is 9.97 Å². The maximum atomic E-state index is 13.0. The van der Waals surface area contributed by atoms with Gasteiger partial charge < -0.3 is 15.8 Å². The number of ether oxygens (including phenoxy) is 1. The molecule has 1 aromatic carbocycles. The summed E-state index contributed by atoms with van der Waals surface area (Å²) in [6.07, 6.45) is 2.59. The van der Waals surface area contributed by atoms with Crippen molar-refractivity contribution in [3.05, 3.63) is 47.1 Å². The second-order valence-corrected chi connectivity index (χ2v) is 4.45. The molecule has 2 rings (SSSR count). The predicted octanol–water partition coefficient (Wildman–Crippen LogP) is 1.65. The van der Waals surface area contributed by atoms with Gasteiger partial charge in [0, 0.05) is 18.1 Å². The SMILES string of the molecule is Nc1nccnc1C(=O)OCC(=O)Nc1ccc(F)c(Cl)c1. The molecule has 0 saturated carbocycles. The van der Waals surface area contributed by atoms with Gasteiger partial charge in [-0.3, -0.25) is 4.79 Å². The van der Waals surface area contributed by atoms with Gasteiger partial charge in [0.05, 0.1) is 5.02 Å². The highest BCUT2D eigenvalue weighted by Crippen LogP contribution is 2.19. The largest absolute Gasteiger partial charge is 0.451 e. The maximum Gasteiger partial charge on any atom is 0.361 e. The van der Waals surface area contributed by atoms with E-state index in [0.717, 1.165) is 6.07 Å². The molecule has 2 aromatic rings. The van der Waals surface area contributed by atoms with E-state index in [9.17, 15) is 14.0 Å². The van der Waals surface area contributed by atoms with E-state index in [1.807, 2.05) is 0 Å². The van der Waals surface area contributed by atoms with Crippen LogP contribution in [0.1, 0.15) is 10.5 Å². The zero-order valence-electron chi connectivity index (χ0n) is 11.0. The predicted molar refractivity (Wildman–Crippen MR) is 76.8 cm³/mol. The fourth-order valence-electron chi connectivity index (χ4n) is 1.48. The number of halogens is 2. The molecular formula is C13H10ClFN4O3. The molecule has 0 saturated heterocycles. The van der Waals surface area contributed by atoms with Crippen LogP contribution >= 0.6 is 11.6 Å². The molecule has 22 heavy (non-hydrogen) atoms. The molecule has 7 nitrogen and oxygen atoms in total. The van der Waals surface area contributed by atoms with Gasteiger partial charge in [0.2, 0.25) is 0 Å². The van der Waals surface area contributed by atoms with Crippen molar-refractivity contribution >= 4 is 35.0 Å². The molecule has 1 amide bonds. The Morgan fingerprint density at radius 1 is 1.32 bits per heavy atom. The Morgan fingerprint density at radius 2 is 2.05 bits per heavy atom. The summed E-state index contributed by atoms with van der Waals surface area (Å²) >= 11 is 5.58. The second kappa shape index (κ2) is 6.81. The Labute approximate surface area is 129 Å². The third kappa shape index (κ3) is 3.89. The summed E-state index contributed by atoms with van der Waals surface area (Å²) in [6.45, 7) is -0.566. The number of esters is 1. The fraction of sp³-hybridized carbons (Fsp3) is 0.0769. The number of hydrogen-bond acceptors (Lipinski definition) is 6. The Balaban J connectivity index is 1.91. The first-order valence-corrected chi connectivity index (χ1v) is 6.33. The maximum absolute atomic E-state index is 13.0. The van der Waals surface area contributed by atoms with Gasteiger partial charge in [0.1, 0.15) is 5.82 Å². The molecule has 0 aliphatic carbocycles. The second-order valence-electron chi connectivity index (χ2n) is 4.04. The number of nitrogens with two attached hydrogens (primary N) is 1. The van der Waals surface area contributed by atoms with E-state index in [-0.39, 0.29) is 22.2 Å². The number of aromatic nitrogens is 2. The normalized spacial score (nSPS) is 10.1. The molecule has 1 aromatic heterocycles. The highest BCUT2D eigenvalue weighted by molar-refractivity contribution is 6.31. The van der Waals surface area contributed by atoms with E-state index in [4.69, 9.17) is 22.1 Å². The van der Waals surface area contributed by atoms with Crippen LogP contribution in [-0.4, -0.2) is 28.5 Å². The molecule has 0 radical (unpaired) electrons. The lowest BCUT2D eigenvalue weighted by Gasteiger charge is -2.07. The van der Waals surface area contributed by atoms with Crippen LogP contribution in [0.3, 0.4) is 0 Å².